The number of ether oxygens (including phenoxy) is 2. The second-order valence-electron chi connectivity index (χ2n) is 5.64. The van der Waals surface area contributed by atoms with Crippen molar-refractivity contribution >= 4 is 29.1 Å². The van der Waals surface area contributed by atoms with Crippen molar-refractivity contribution in [2.24, 2.45) is 0 Å². The second kappa shape index (κ2) is 8.99. The molecule has 0 aliphatic carbocycles. The van der Waals surface area contributed by atoms with Crippen molar-refractivity contribution in [2.45, 2.75) is 19.9 Å². The van der Waals surface area contributed by atoms with E-state index in [1.165, 1.54) is 18.4 Å². The lowest BCUT2D eigenvalue weighted by Gasteiger charge is -2.09. The lowest BCUT2D eigenvalue weighted by Crippen LogP contribution is -2.49. The molecule has 1 aromatic heterocycles. The number of thiazole rings is 1. The fourth-order valence-electron chi connectivity index (χ4n) is 2.04. The molecule has 0 atom stereocenters. The van der Waals surface area contributed by atoms with E-state index in [1.54, 1.807) is 44.5 Å². The minimum Gasteiger partial charge on any atom is -0.493 e. The summed E-state index contributed by atoms with van der Waals surface area (Å²) >= 11 is 1.25. The number of methoxy groups -OCH3 is 2. The summed E-state index contributed by atoms with van der Waals surface area (Å²) < 4.78 is 10.4. The monoisotopic (exact) mass is 392 g/mol. The number of nitrogens with one attached hydrogen (secondary N) is 3. The first kappa shape index (κ1) is 20.2. The molecular weight excluding hydrogens is 372 g/mol. The van der Waals surface area contributed by atoms with Crippen molar-refractivity contribution in [3.05, 3.63) is 29.3 Å². The molecule has 0 bridgehead atoms. The first-order chi connectivity index (χ1) is 12.8. The molecule has 0 saturated carbocycles. The normalized spacial score (nSPS) is 10.3. The zero-order chi connectivity index (χ0) is 20.0. The number of carbonyl (C=O) groups is 3. The van der Waals surface area contributed by atoms with Crippen LogP contribution >= 0.6 is 11.3 Å². The number of carbonyl (C=O) groups excluding carboxylic acids is 3. The smallest absolute Gasteiger partial charge is 0.327 e. The van der Waals surface area contributed by atoms with Crippen LogP contribution in [0.1, 0.15) is 24.3 Å². The minimum atomic E-state index is -0.965. The predicted molar refractivity (Wildman–Crippen MR) is 99.5 cm³/mol. The Bertz CT molecular complexity index is 850. The van der Waals surface area contributed by atoms with Crippen LogP contribution in [-0.2, 0) is 9.59 Å². The van der Waals surface area contributed by atoms with Gasteiger partial charge in [-0.1, -0.05) is 0 Å². The summed E-state index contributed by atoms with van der Waals surface area (Å²) in [5.41, 5.74) is 5.06. The van der Waals surface area contributed by atoms with Gasteiger partial charge in [0, 0.05) is 17.0 Å². The van der Waals surface area contributed by atoms with Crippen molar-refractivity contribution in [3.8, 4) is 22.1 Å². The van der Waals surface area contributed by atoms with Gasteiger partial charge in [0.15, 0.2) is 11.5 Å². The first-order valence-electron chi connectivity index (χ1n) is 7.94. The van der Waals surface area contributed by atoms with E-state index >= 15 is 0 Å². The summed E-state index contributed by atoms with van der Waals surface area (Å²) in [5, 5.41) is 4.55. The van der Waals surface area contributed by atoms with Crippen LogP contribution in [0, 0.1) is 0 Å². The maximum Gasteiger partial charge on any atom is 0.327 e. The van der Waals surface area contributed by atoms with Crippen LogP contribution in [-0.4, -0.2) is 43.0 Å². The van der Waals surface area contributed by atoms with Crippen molar-refractivity contribution in [1.82, 2.24) is 21.2 Å². The topological polar surface area (TPSA) is 119 Å². The minimum absolute atomic E-state index is 0.106. The highest BCUT2D eigenvalue weighted by Gasteiger charge is 2.17. The molecule has 9 nitrogen and oxygen atoms in total. The molecule has 2 aromatic rings. The zero-order valence-corrected chi connectivity index (χ0v) is 16.1. The highest BCUT2D eigenvalue weighted by atomic mass is 32.1. The SMILES string of the molecule is COc1ccc(-c2nc(C(=O)NNC(=O)C(=O)NC(C)C)cs2)cc1OC. The Balaban J connectivity index is 2.04. The van der Waals surface area contributed by atoms with Gasteiger partial charge in [0.05, 0.1) is 14.2 Å². The second-order valence-corrected chi connectivity index (χ2v) is 6.50. The van der Waals surface area contributed by atoms with Gasteiger partial charge in [-0.05, 0) is 32.0 Å². The quantitative estimate of drug-likeness (QED) is 0.518. The summed E-state index contributed by atoms with van der Waals surface area (Å²) in [6.07, 6.45) is 0. The van der Waals surface area contributed by atoms with Crippen LogP contribution in [0.15, 0.2) is 23.6 Å². The molecule has 144 valence electrons. The molecular formula is C17H20N4O5S. The Morgan fingerprint density at radius 2 is 1.74 bits per heavy atom. The van der Waals surface area contributed by atoms with Crippen molar-refractivity contribution in [1.29, 1.82) is 0 Å². The number of aromatic nitrogens is 1. The molecule has 10 heteroatoms. The van der Waals surface area contributed by atoms with E-state index in [-0.39, 0.29) is 11.7 Å². The van der Waals surface area contributed by atoms with E-state index in [2.05, 4.69) is 15.7 Å². The number of hydrazine groups is 1. The van der Waals surface area contributed by atoms with Gasteiger partial charge in [-0.3, -0.25) is 25.2 Å². The van der Waals surface area contributed by atoms with Crippen LogP contribution < -0.4 is 25.6 Å². The van der Waals surface area contributed by atoms with Crippen LogP contribution in [0.25, 0.3) is 10.6 Å². The number of rotatable bonds is 5. The van der Waals surface area contributed by atoms with Gasteiger partial charge in [-0.25, -0.2) is 4.98 Å². The number of hydrogen-bond donors (Lipinski definition) is 3. The highest BCUT2D eigenvalue weighted by Crippen LogP contribution is 2.33. The molecule has 3 N–H and O–H groups in total. The Morgan fingerprint density at radius 3 is 2.37 bits per heavy atom. The molecule has 27 heavy (non-hydrogen) atoms. The van der Waals surface area contributed by atoms with E-state index in [0.29, 0.717) is 16.5 Å². The van der Waals surface area contributed by atoms with Gasteiger partial charge < -0.3 is 14.8 Å². The fourth-order valence-corrected chi connectivity index (χ4v) is 2.84. The average Bonchev–Trinajstić information content (AvgIpc) is 3.14. The zero-order valence-electron chi connectivity index (χ0n) is 15.3. The van der Waals surface area contributed by atoms with E-state index in [1.807, 2.05) is 5.43 Å². The third kappa shape index (κ3) is 5.17. The third-order valence-electron chi connectivity index (χ3n) is 3.28. The molecule has 1 heterocycles. The molecule has 0 aliphatic rings. The largest absolute Gasteiger partial charge is 0.493 e. The van der Waals surface area contributed by atoms with E-state index < -0.39 is 17.7 Å². The van der Waals surface area contributed by atoms with Gasteiger partial charge >= 0.3 is 11.8 Å². The lowest BCUT2D eigenvalue weighted by atomic mass is 10.2. The maximum atomic E-state index is 12.1. The number of amides is 3. The molecule has 0 aliphatic heterocycles. The average molecular weight is 392 g/mol. The summed E-state index contributed by atoms with van der Waals surface area (Å²) in [7, 11) is 3.07. The summed E-state index contributed by atoms with van der Waals surface area (Å²) in [6, 6.07) is 5.08. The third-order valence-corrected chi connectivity index (χ3v) is 4.17. The Hall–Kier alpha value is -3.14. The van der Waals surface area contributed by atoms with E-state index in [4.69, 9.17) is 9.47 Å². The van der Waals surface area contributed by atoms with Crippen molar-refractivity contribution in [2.75, 3.05) is 14.2 Å². The van der Waals surface area contributed by atoms with Crippen LogP contribution in [0.5, 0.6) is 11.5 Å². The van der Waals surface area contributed by atoms with Gasteiger partial charge in [0.25, 0.3) is 5.91 Å². The molecule has 0 unspecified atom stereocenters. The molecule has 2 rings (SSSR count). The van der Waals surface area contributed by atoms with E-state index in [9.17, 15) is 14.4 Å². The number of nitrogens with zero attached hydrogens (tertiary/aromatic N) is 1. The van der Waals surface area contributed by atoms with Crippen molar-refractivity contribution < 1.29 is 23.9 Å². The van der Waals surface area contributed by atoms with Gasteiger partial charge in [-0.2, -0.15) is 0 Å². The van der Waals surface area contributed by atoms with Crippen LogP contribution in [0.2, 0.25) is 0 Å². The lowest BCUT2D eigenvalue weighted by molar-refractivity contribution is -0.139. The Morgan fingerprint density at radius 1 is 1.04 bits per heavy atom. The van der Waals surface area contributed by atoms with Gasteiger partial charge in [0.2, 0.25) is 0 Å². The highest BCUT2D eigenvalue weighted by molar-refractivity contribution is 7.13. The van der Waals surface area contributed by atoms with Crippen LogP contribution in [0.4, 0.5) is 0 Å². The van der Waals surface area contributed by atoms with Crippen molar-refractivity contribution in [3.63, 3.8) is 0 Å². The Kier molecular flexibility index (Phi) is 6.72. The molecule has 1 aromatic carbocycles. The molecule has 0 saturated heterocycles. The van der Waals surface area contributed by atoms with Crippen LogP contribution in [0.3, 0.4) is 0 Å². The summed E-state index contributed by atoms with van der Waals surface area (Å²) in [5.74, 6) is -1.32. The van der Waals surface area contributed by atoms with E-state index in [0.717, 1.165) is 5.56 Å². The number of benzene rings is 1. The Labute approximate surface area is 160 Å². The molecule has 0 spiro atoms. The fraction of sp³-hybridized carbons (Fsp3) is 0.294. The maximum absolute atomic E-state index is 12.1. The number of hydrogen-bond acceptors (Lipinski definition) is 7. The molecule has 3 amide bonds. The summed E-state index contributed by atoms with van der Waals surface area (Å²) in [6.45, 7) is 3.43. The standard InChI is InChI=1S/C17H20N4O5S/c1-9(2)18-15(23)16(24)21-20-14(22)11-8-27-17(19-11)10-5-6-12(25-3)13(7-10)26-4/h5-9H,1-4H3,(H,18,23)(H,20,22)(H,21,24). The molecule has 0 radical (unpaired) electrons. The van der Waals surface area contributed by atoms with Gasteiger partial charge in [0.1, 0.15) is 10.7 Å². The first-order valence-corrected chi connectivity index (χ1v) is 8.82. The summed E-state index contributed by atoms with van der Waals surface area (Å²) in [4.78, 5) is 39.4. The predicted octanol–water partition coefficient (Wildman–Crippen LogP) is 1.11. The molecule has 0 fully saturated rings. The van der Waals surface area contributed by atoms with Gasteiger partial charge in [-0.15, -0.1) is 11.3 Å².